The Morgan fingerprint density at radius 2 is 1.95 bits per heavy atom. The van der Waals surface area contributed by atoms with Crippen molar-refractivity contribution >= 4 is 44.8 Å². The molecule has 1 aliphatic rings. The molecule has 0 fully saturated rings. The van der Waals surface area contributed by atoms with E-state index in [1.54, 1.807) is 0 Å². The van der Waals surface area contributed by atoms with Gasteiger partial charge in [0.2, 0.25) is 0 Å². The molecule has 1 nitrogen and oxygen atoms in total. The normalized spacial score (nSPS) is 17.6. The molecule has 1 N–H and O–H groups in total. The summed E-state index contributed by atoms with van der Waals surface area (Å²) in [4.78, 5) is 0. The predicted molar refractivity (Wildman–Crippen MR) is 90.0 cm³/mol. The Hall–Kier alpha value is -0.700. The molecule has 4 heteroatoms. The van der Waals surface area contributed by atoms with Crippen molar-refractivity contribution in [2.45, 2.75) is 25.3 Å². The fourth-order valence-corrected chi connectivity index (χ4v) is 3.45. The summed E-state index contributed by atoms with van der Waals surface area (Å²) in [5.74, 6) is 0. The van der Waals surface area contributed by atoms with Crippen LogP contribution in [0.4, 0.5) is 5.69 Å². The third kappa shape index (κ3) is 2.98. The number of halogens is 3. The minimum Gasteiger partial charge on any atom is -0.381 e. The highest BCUT2D eigenvalue weighted by atomic mass is 79.9. The molecular formula is C16H14BrCl2N. The van der Waals surface area contributed by atoms with Crippen molar-refractivity contribution in [2.24, 2.45) is 0 Å². The summed E-state index contributed by atoms with van der Waals surface area (Å²) >= 11 is 15.8. The third-order valence-electron chi connectivity index (χ3n) is 3.71. The molecule has 0 spiro atoms. The van der Waals surface area contributed by atoms with E-state index in [0.29, 0.717) is 16.1 Å². The third-order valence-corrected chi connectivity index (χ3v) is 5.02. The van der Waals surface area contributed by atoms with E-state index in [0.717, 1.165) is 29.4 Å². The van der Waals surface area contributed by atoms with Crippen LogP contribution in [0.25, 0.3) is 0 Å². The smallest absolute Gasteiger partial charge is 0.0823 e. The molecule has 3 rings (SSSR count). The zero-order valence-electron chi connectivity index (χ0n) is 10.8. The van der Waals surface area contributed by atoms with Crippen LogP contribution >= 0.6 is 39.1 Å². The highest BCUT2D eigenvalue weighted by Crippen LogP contribution is 2.32. The van der Waals surface area contributed by atoms with Crippen LogP contribution in [0.1, 0.15) is 17.5 Å². The molecule has 0 saturated carbocycles. The molecule has 0 saturated heterocycles. The number of aryl methyl sites for hydroxylation is 1. The van der Waals surface area contributed by atoms with Gasteiger partial charge in [-0.05, 0) is 54.7 Å². The maximum Gasteiger partial charge on any atom is 0.0823 e. The lowest BCUT2D eigenvalue weighted by atomic mass is 9.88. The number of hydrogen-bond donors (Lipinski definition) is 1. The quantitative estimate of drug-likeness (QED) is 0.712. The lowest BCUT2D eigenvalue weighted by Crippen LogP contribution is -2.27. The first-order chi connectivity index (χ1) is 9.63. The van der Waals surface area contributed by atoms with Crippen LogP contribution in [0.2, 0.25) is 10.0 Å². The molecule has 0 bridgehead atoms. The average Bonchev–Trinajstić information content (AvgIpc) is 2.44. The Bertz CT molecular complexity index is 642. The van der Waals surface area contributed by atoms with Crippen molar-refractivity contribution in [2.75, 3.05) is 5.32 Å². The number of anilines is 1. The first-order valence-corrected chi connectivity index (χ1v) is 8.16. The number of fused-ring (bicyclic) bond motifs is 1. The molecule has 0 aromatic heterocycles. The highest BCUT2D eigenvalue weighted by Gasteiger charge is 2.19. The van der Waals surface area contributed by atoms with Crippen molar-refractivity contribution in [3.63, 3.8) is 0 Å². The zero-order valence-corrected chi connectivity index (χ0v) is 13.9. The van der Waals surface area contributed by atoms with E-state index in [1.807, 2.05) is 18.2 Å². The summed E-state index contributed by atoms with van der Waals surface area (Å²) in [6.45, 7) is 0. The molecule has 2 aromatic carbocycles. The van der Waals surface area contributed by atoms with Crippen LogP contribution in [0.5, 0.6) is 0 Å². The molecule has 0 aliphatic heterocycles. The fraction of sp³-hybridized carbons (Fsp3) is 0.250. The van der Waals surface area contributed by atoms with Gasteiger partial charge in [0.15, 0.2) is 0 Å². The first kappa shape index (κ1) is 14.2. The van der Waals surface area contributed by atoms with E-state index >= 15 is 0 Å². The summed E-state index contributed by atoms with van der Waals surface area (Å²) in [7, 11) is 0. The second-order valence-electron chi connectivity index (χ2n) is 5.10. The van der Waals surface area contributed by atoms with E-state index in [4.69, 9.17) is 23.2 Å². The van der Waals surface area contributed by atoms with Crippen LogP contribution < -0.4 is 5.32 Å². The van der Waals surface area contributed by atoms with Gasteiger partial charge in [0.25, 0.3) is 0 Å². The van der Waals surface area contributed by atoms with Gasteiger partial charge >= 0.3 is 0 Å². The fourth-order valence-electron chi connectivity index (χ4n) is 2.68. The Morgan fingerprint density at radius 1 is 1.10 bits per heavy atom. The molecule has 2 aromatic rings. The molecule has 20 heavy (non-hydrogen) atoms. The van der Waals surface area contributed by atoms with E-state index in [1.165, 1.54) is 11.1 Å². The van der Waals surface area contributed by atoms with E-state index in [-0.39, 0.29) is 0 Å². The van der Waals surface area contributed by atoms with Crippen LogP contribution in [0.15, 0.2) is 40.9 Å². The number of nitrogens with one attached hydrogen (secondary N) is 1. The summed E-state index contributed by atoms with van der Waals surface area (Å²) in [6.07, 6.45) is 3.21. The van der Waals surface area contributed by atoms with E-state index < -0.39 is 0 Å². The molecule has 1 unspecified atom stereocenters. The van der Waals surface area contributed by atoms with Gasteiger partial charge in [-0.2, -0.15) is 0 Å². The Morgan fingerprint density at radius 3 is 2.80 bits per heavy atom. The van der Waals surface area contributed by atoms with Crippen molar-refractivity contribution < 1.29 is 0 Å². The maximum absolute atomic E-state index is 6.23. The minimum absolute atomic E-state index is 0.402. The summed E-state index contributed by atoms with van der Waals surface area (Å²) in [6, 6.07) is 12.6. The van der Waals surface area contributed by atoms with Crippen LogP contribution in [0, 0.1) is 0 Å². The van der Waals surface area contributed by atoms with Crippen molar-refractivity contribution in [3.05, 3.63) is 62.0 Å². The lowest BCUT2D eigenvalue weighted by Gasteiger charge is -2.27. The highest BCUT2D eigenvalue weighted by molar-refractivity contribution is 9.10. The predicted octanol–water partition coefficient (Wildman–Crippen LogP) is 5.73. The number of hydrogen-bond acceptors (Lipinski definition) is 1. The van der Waals surface area contributed by atoms with Gasteiger partial charge < -0.3 is 5.32 Å². The minimum atomic E-state index is 0.402. The van der Waals surface area contributed by atoms with E-state index in [9.17, 15) is 0 Å². The van der Waals surface area contributed by atoms with Gasteiger partial charge in [0.1, 0.15) is 0 Å². The standard InChI is InChI=1S/C16H14BrCl2N/c17-12-6-4-11-9-13(7-5-10(11)8-12)20-15-3-1-2-14(18)16(15)19/h1-4,6,8,13,20H,5,7,9H2. The van der Waals surface area contributed by atoms with Gasteiger partial charge in [0.05, 0.1) is 15.7 Å². The van der Waals surface area contributed by atoms with Gasteiger partial charge in [-0.1, -0.05) is 51.3 Å². The Labute approximate surface area is 137 Å². The Balaban J connectivity index is 1.77. The Kier molecular flexibility index (Phi) is 4.25. The van der Waals surface area contributed by atoms with Gasteiger partial charge in [-0.25, -0.2) is 0 Å². The zero-order chi connectivity index (χ0) is 14.1. The second-order valence-corrected chi connectivity index (χ2v) is 6.80. The van der Waals surface area contributed by atoms with Crippen molar-refractivity contribution in [3.8, 4) is 0 Å². The number of benzene rings is 2. The first-order valence-electron chi connectivity index (χ1n) is 6.61. The molecule has 0 heterocycles. The number of rotatable bonds is 2. The summed E-state index contributed by atoms with van der Waals surface area (Å²) < 4.78 is 1.15. The van der Waals surface area contributed by atoms with Gasteiger partial charge in [-0.15, -0.1) is 0 Å². The van der Waals surface area contributed by atoms with Gasteiger partial charge in [-0.3, -0.25) is 0 Å². The van der Waals surface area contributed by atoms with Crippen molar-refractivity contribution in [1.82, 2.24) is 0 Å². The summed E-state index contributed by atoms with van der Waals surface area (Å²) in [5, 5.41) is 4.72. The van der Waals surface area contributed by atoms with Crippen molar-refractivity contribution in [1.29, 1.82) is 0 Å². The van der Waals surface area contributed by atoms with Crippen LogP contribution in [-0.2, 0) is 12.8 Å². The molecule has 1 aliphatic carbocycles. The monoisotopic (exact) mass is 369 g/mol. The van der Waals surface area contributed by atoms with Crippen LogP contribution in [-0.4, -0.2) is 6.04 Å². The average molecular weight is 371 g/mol. The second kappa shape index (κ2) is 5.97. The van der Waals surface area contributed by atoms with Gasteiger partial charge in [0, 0.05) is 10.5 Å². The molecule has 0 amide bonds. The maximum atomic E-state index is 6.23. The molecular weight excluding hydrogens is 357 g/mol. The largest absolute Gasteiger partial charge is 0.381 e. The molecule has 104 valence electrons. The SMILES string of the molecule is Clc1cccc(NC2CCc3cc(Br)ccc3C2)c1Cl. The molecule has 0 radical (unpaired) electrons. The lowest BCUT2D eigenvalue weighted by molar-refractivity contribution is 0.610. The van der Waals surface area contributed by atoms with E-state index in [2.05, 4.69) is 39.4 Å². The topological polar surface area (TPSA) is 12.0 Å². The summed E-state index contributed by atoms with van der Waals surface area (Å²) in [5.41, 5.74) is 3.77. The van der Waals surface area contributed by atoms with Crippen LogP contribution in [0.3, 0.4) is 0 Å². The molecule has 1 atom stereocenters.